The van der Waals surface area contributed by atoms with Crippen molar-refractivity contribution in [2.75, 3.05) is 13.1 Å². The Kier molecular flexibility index (Phi) is 6.81. The molecule has 2 atom stereocenters. The molecule has 0 bridgehead atoms. The lowest BCUT2D eigenvalue weighted by molar-refractivity contribution is 0.225. The lowest BCUT2D eigenvalue weighted by atomic mass is 10.00. The lowest BCUT2D eigenvalue weighted by Gasteiger charge is -2.36. The zero-order valence-electron chi connectivity index (χ0n) is 9.85. The Labute approximate surface area is 104 Å². The molecule has 5 nitrogen and oxygen atoms in total. The Bertz CT molecular complexity index is 295. The Morgan fingerprint density at radius 3 is 2.62 bits per heavy atom. The molecular weight excluding hydrogens is 250 g/mol. The number of halogens is 1. The minimum absolute atomic E-state index is 0. The molecule has 0 aliphatic carbocycles. The Balaban J connectivity index is 0.00000225. The van der Waals surface area contributed by atoms with Crippen LogP contribution in [0.25, 0.3) is 0 Å². The van der Waals surface area contributed by atoms with Gasteiger partial charge in [-0.3, -0.25) is 0 Å². The van der Waals surface area contributed by atoms with Gasteiger partial charge in [0, 0.05) is 25.2 Å². The molecule has 1 rings (SSSR count). The first-order valence-corrected chi connectivity index (χ1v) is 6.95. The highest BCUT2D eigenvalue weighted by atomic mass is 35.5. The number of nitrogens with one attached hydrogen (secondary N) is 1. The third kappa shape index (κ3) is 3.85. The van der Waals surface area contributed by atoms with E-state index in [9.17, 15) is 8.42 Å². The van der Waals surface area contributed by atoms with Gasteiger partial charge in [0.1, 0.15) is 0 Å². The van der Waals surface area contributed by atoms with Crippen molar-refractivity contribution in [1.82, 2.24) is 9.03 Å². The molecule has 0 aromatic rings. The van der Waals surface area contributed by atoms with Crippen LogP contribution in [0.4, 0.5) is 0 Å². The maximum atomic E-state index is 11.9. The number of nitrogens with zero attached hydrogens (tertiary/aromatic N) is 1. The largest absolute Gasteiger partial charge is 0.326 e. The van der Waals surface area contributed by atoms with Crippen LogP contribution in [0.2, 0.25) is 0 Å². The fourth-order valence-electron chi connectivity index (χ4n) is 2.02. The van der Waals surface area contributed by atoms with E-state index in [4.69, 9.17) is 5.73 Å². The summed E-state index contributed by atoms with van der Waals surface area (Å²) in [4.78, 5) is 0. The molecule has 0 saturated carbocycles. The van der Waals surface area contributed by atoms with Gasteiger partial charge >= 0.3 is 0 Å². The monoisotopic (exact) mass is 271 g/mol. The number of hydrogen-bond donors (Lipinski definition) is 2. The van der Waals surface area contributed by atoms with E-state index in [1.165, 1.54) is 4.31 Å². The van der Waals surface area contributed by atoms with Gasteiger partial charge in [-0.05, 0) is 19.8 Å². The summed E-state index contributed by atoms with van der Waals surface area (Å²) < 4.78 is 27.8. The highest BCUT2D eigenvalue weighted by Gasteiger charge is 2.33. The van der Waals surface area contributed by atoms with Crippen LogP contribution in [0.5, 0.6) is 0 Å². The first kappa shape index (κ1) is 16.1. The van der Waals surface area contributed by atoms with Crippen LogP contribution in [-0.4, -0.2) is 37.9 Å². The van der Waals surface area contributed by atoms with E-state index < -0.39 is 10.2 Å². The van der Waals surface area contributed by atoms with E-state index in [1.807, 2.05) is 6.92 Å². The predicted octanol–water partition coefficient (Wildman–Crippen LogP) is 0.464. The summed E-state index contributed by atoms with van der Waals surface area (Å²) in [6, 6.07) is -0.165. The van der Waals surface area contributed by atoms with Crippen LogP contribution >= 0.6 is 12.4 Å². The SMILES string of the molecule is CCNS(=O)(=O)N1CCCCC1C(C)N.Cl. The standard InChI is InChI=1S/C9H21N3O2S.ClH/c1-3-11-15(13,14)12-7-5-4-6-9(12)8(2)10;/h8-9,11H,3-7,10H2,1-2H3;1H. The molecule has 0 spiro atoms. The van der Waals surface area contributed by atoms with Crippen LogP contribution in [0.1, 0.15) is 33.1 Å². The fourth-order valence-corrected chi connectivity index (χ4v) is 3.57. The van der Waals surface area contributed by atoms with E-state index in [1.54, 1.807) is 6.92 Å². The van der Waals surface area contributed by atoms with Gasteiger partial charge in [-0.2, -0.15) is 12.7 Å². The van der Waals surface area contributed by atoms with Gasteiger partial charge in [0.05, 0.1) is 0 Å². The van der Waals surface area contributed by atoms with E-state index in [0.717, 1.165) is 19.3 Å². The summed E-state index contributed by atoms with van der Waals surface area (Å²) in [6.45, 7) is 4.65. The fraction of sp³-hybridized carbons (Fsp3) is 1.00. The van der Waals surface area contributed by atoms with Crippen LogP contribution in [-0.2, 0) is 10.2 Å². The Morgan fingerprint density at radius 1 is 1.50 bits per heavy atom. The zero-order valence-corrected chi connectivity index (χ0v) is 11.5. The third-order valence-electron chi connectivity index (χ3n) is 2.74. The number of hydrogen-bond acceptors (Lipinski definition) is 3. The normalized spacial score (nSPS) is 24.8. The minimum atomic E-state index is -3.32. The van der Waals surface area contributed by atoms with Crippen LogP contribution in [0.3, 0.4) is 0 Å². The molecule has 0 radical (unpaired) electrons. The molecule has 0 aromatic carbocycles. The summed E-state index contributed by atoms with van der Waals surface area (Å²) in [5.41, 5.74) is 5.82. The minimum Gasteiger partial charge on any atom is -0.326 e. The highest BCUT2D eigenvalue weighted by Crippen LogP contribution is 2.21. The van der Waals surface area contributed by atoms with Crippen molar-refractivity contribution >= 4 is 22.6 Å². The van der Waals surface area contributed by atoms with Crippen LogP contribution < -0.4 is 10.5 Å². The molecule has 1 heterocycles. The molecule has 3 N–H and O–H groups in total. The molecule has 0 amide bonds. The maximum Gasteiger partial charge on any atom is 0.279 e. The van der Waals surface area contributed by atoms with Crippen LogP contribution in [0.15, 0.2) is 0 Å². The first-order chi connectivity index (χ1) is 6.99. The van der Waals surface area contributed by atoms with Crippen molar-refractivity contribution in [3.05, 3.63) is 0 Å². The number of piperidine rings is 1. The molecule has 1 fully saturated rings. The van der Waals surface area contributed by atoms with Gasteiger partial charge in [-0.15, -0.1) is 12.4 Å². The molecule has 2 unspecified atom stereocenters. The quantitative estimate of drug-likeness (QED) is 0.780. The van der Waals surface area contributed by atoms with E-state index in [0.29, 0.717) is 13.1 Å². The Morgan fingerprint density at radius 2 is 2.12 bits per heavy atom. The summed E-state index contributed by atoms with van der Waals surface area (Å²) in [7, 11) is -3.32. The molecule has 7 heteroatoms. The highest BCUT2D eigenvalue weighted by molar-refractivity contribution is 7.87. The van der Waals surface area contributed by atoms with Crippen molar-refractivity contribution in [2.24, 2.45) is 5.73 Å². The van der Waals surface area contributed by atoms with E-state index in [-0.39, 0.29) is 24.5 Å². The maximum absolute atomic E-state index is 11.9. The molecule has 1 aliphatic heterocycles. The van der Waals surface area contributed by atoms with Crippen molar-refractivity contribution in [3.8, 4) is 0 Å². The van der Waals surface area contributed by atoms with Crippen molar-refractivity contribution in [2.45, 2.75) is 45.2 Å². The average molecular weight is 272 g/mol. The van der Waals surface area contributed by atoms with Crippen molar-refractivity contribution < 1.29 is 8.42 Å². The first-order valence-electron chi connectivity index (χ1n) is 5.51. The van der Waals surface area contributed by atoms with E-state index >= 15 is 0 Å². The molecule has 98 valence electrons. The number of nitrogens with two attached hydrogens (primary N) is 1. The second kappa shape index (κ2) is 6.76. The average Bonchev–Trinajstić information content (AvgIpc) is 2.17. The van der Waals surface area contributed by atoms with Crippen molar-refractivity contribution in [1.29, 1.82) is 0 Å². The van der Waals surface area contributed by atoms with Gasteiger partial charge in [-0.25, -0.2) is 4.72 Å². The topological polar surface area (TPSA) is 75.4 Å². The smallest absolute Gasteiger partial charge is 0.279 e. The molecular formula is C9H22ClN3O2S. The summed E-state index contributed by atoms with van der Waals surface area (Å²) >= 11 is 0. The summed E-state index contributed by atoms with van der Waals surface area (Å²) in [5, 5.41) is 0. The second-order valence-corrected chi connectivity index (χ2v) is 5.74. The zero-order chi connectivity index (χ0) is 11.5. The molecule has 1 aliphatic rings. The third-order valence-corrected chi connectivity index (χ3v) is 4.46. The van der Waals surface area contributed by atoms with Gasteiger partial charge in [0.2, 0.25) is 0 Å². The second-order valence-electron chi connectivity index (χ2n) is 4.04. The molecule has 1 saturated heterocycles. The van der Waals surface area contributed by atoms with Crippen molar-refractivity contribution in [3.63, 3.8) is 0 Å². The summed E-state index contributed by atoms with van der Waals surface area (Å²) in [6.07, 6.45) is 2.85. The molecule has 0 aromatic heterocycles. The van der Waals surface area contributed by atoms with Crippen LogP contribution in [0, 0.1) is 0 Å². The summed E-state index contributed by atoms with van der Waals surface area (Å²) in [5.74, 6) is 0. The van der Waals surface area contributed by atoms with Gasteiger partial charge < -0.3 is 5.73 Å². The molecule has 16 heavy (non-hydrogen) atoms. The van der Waals surface area contributed by atoms with Gasteiger partial charge in [-0.1, -0.05) is 13.3 Å². The predicted molar refractivity (Wildman–Crippen MR) is 67.8 cm³/mol. The van der Waals surface area contributed by atoms with Gasteiger partial charge in [0.25, 0.3) is 10.2 Å². The van der Waals surface area contributed by atoms with E-state index in [2.05, 4.69) is 4.72 Å². The number of rotatable bonds is 4. The lowest BCUT2D eigenvalue weighted by Crippen LogP contribution is -2.54. The van der Waals surface area contributed by atoms with Gasteiger partial charge in [0.15, 0.2) is 0 Å². The Hall–Kier alpha value is 0.120.